The zero-order valence-electron chi connectivity index (χ0n) is 11.0. The quantitative estimate of drug-likeness (QED) is 0.921. The van der Waals surface area contributed by atoms with Crippen molar-refractivity contribution in [2.24, 2.45) is 5.92 Å². The summed E-state index contributed by atoms with van der Waals surface area (Å²) in [7, 11) is 0. The molecule has 0 aromatic carbocycles. The van der Waals surface area contributed by atoms with Crippen molar-refractivity contribution in [2.75, 3.05) is 11.9 Å². The molecule has 20 heavy (non-hydrogen) atoms. The van der Waals surface area contributed by atoms with Crippen LogP contribution >= 0.6 is 11.6 Å². The summed E-state index contributed by atoms with van der Waals surface area (Å²) >= 11 is 5.88. The minimum Gasteiger partial charge on any atom is -0.378 e. The monoisotopic (exact) mass is 294 g/mol. The van der Waals surface area contributed by atoms with Gasteiger partial charge in [0.15, 0.2) is 5.65 Å². The van der Waals surface area contributed by atoms with Crippen molar-refractivity contribution >= 4 is 29.1 Å². The third kappa shape index (κ3) is 2.62. The van der Waals surface area contributed by atoms with Gasteiger partial charge in [-0.1, -0.05) is 11.6 Å². The molecule has 2 unspecified atom stereocenters. The first-order valence-corrected chi connectivity index (χ1v) is 6.96. The zero-order chi connectivity index (χ0) is 14.1. The highest BCUT2D eigenvalue weighted by molar-refractivity contribution is 6.30. The number of aromatic nitrogens is 3. The van der Waals surface area contributed by atoms with Crippen molar-refractivity contribution in [3.8, 4) is 0 Å². The summed E-state index contributed by atoms with van der Waals surface area (Å²) in [4.78, 5) is 16.4. The Hall–Kier alpha value is -1.66. The maximum absolute atomic E-state index is 12.2. The lowest BCUT2D eigenvalue weighted by atomic mass is 9.94. The maximum atomic E-state index is 12.2. The molecule has 1 N–H and O–H groups in total. The third-order valence-corrected chi connectivity index (χ3v) is 3.70. The standard InChI is InChI=1S/C13H15ClN4O2/c1-8-10(3-2-6-20-8)12(19)16-13-15-11-5-4-9(14)7-18(11)17-13/h4-5,7-8,10H,2-3,6H2,1H3,(H,16,17,19). The number of carbonyl (C=O) groups is 1. The van der Waals surface area contributed by atoms with Gasteiger partial charge in [-0.25, -0.2) is 4.52 Å². The Morgan fingerprint density at radius 3 is 3.20 bits per heavy atom. The highest BCUT2D eigenvalue weighted by atomic mass is 35.5. The van der Waals surface area contributed by atoms with Crippen LogP contribution in [0.1, 0.15) is 19.8 Å². The summed E-state index contributed by atoms with van der Waals surface area (Å²) in [6.45, 7) is 2.64. The molecule has 1 aliphatic rings. The molecule has 0 radical (unpaired) electrons. The van der Waals surface area contributed by atoms with Gasteiger partial charge < -0.3 is 4.74 Å². The van der Waals surface area contributed by atoms with E-state index in [0.717, 1.165) is 19.4 Å². The number of nitrogens with one attached hydrogen (secondary N) is 1. The van der Waals surface area contributed by atoms with Crippen LogP contribution in [0.2, 0.25) is 5.02 Å². The molecule has 106 valence electrons. The molecule has 2 atom stereocenters. The normalized spacial score (nSPS) is 22.9. The number of fused-ring (bicyclic) bond motifs is 1. The van der Waals surface area contributed by atoms with Crippen molar-refractivity contribution in [3.63, 3.8) is 0 Å². The highest BCUT2D eigenvalue weighted by Gasteiger charge is 2.29. The van der Waals surface area contributed by atoms with Crippen molar-refractivity contribution in [3.05, 3.63) is 23.4 Å². The number of amides is 1. The van der Waals surface area contributed by atoms with Crippen LogP contribution in [0.4, 0.5) is 5.95 Å². The molecule has 3 rings (SSSR count). The fraction of sp³-hybridized carbons (Fsp3) is 0.462. The molecule has 2 aromatic heterocycles. The summed E-state index contributed by atoms with van der Waals surface area (Å²) in [5.74, 6) is 0.0354. The van der Waals surface area contributed by atoms with E-state index in [-0.39, 0.29) is 23.9 Å². The number of pyridine rings is 1. The van der Waals surface area contributed by atoms with Gasteiger partial charge in [0.2, 0.25) is 11.9 Å². The second-order valence-corrected chi connectivity index (χ2v) is 5.34. The van der Waals surface area contributed by atoms with Crippen LogP contribution in [-0.4, -0.2) is 33.2 Å². The minimum absolute atomic E-state index is 0.0739. The number of nitrogens with zero attached hydrogens (tertiary/aromatic N) is 3. The van der Waals surface area contributed by atoms with Gasteiger partial charge in [0.25, 0.3) is 0 Å². The second-order valence-electron chi connectivity index (χ2n) is 4.90. The summed E-state index contributed by atoms with van der Waals surface area (Å²) in [6, 6.07) is 3.48. The fourth-order valence-electron chi connectivity index (χ4n) is 2.38. The van der Waals surface area contributed by atoms with Gasteiger partial charge in [0, 0.05) is 12.8 Å². The van der Waals surface area contributed by atoms with E-state index in [1.807, 2.05) is 6.92 Å². The van der Waals surface area contributed by atoms with Gasteiger partial charge in [0.1, 0.15) is 0 Å². The lowest BCUT2D eigenvalue weighted by Crippen LogP contribution is -2.36. The van der Waals surface area contributed by atoms with Gasteiger partial charge in [-0.05, 0) is 31.9 Å². The molecular weight excluding hydrogens is 280 g/mol. The Bertz CT molecular complexity index is 642. The molecule has 0 aliphatic carbocycles. The van der Waals surface area contributed by atoms with E-state index >= 15 is 0 Å². The van der Waals surface area contributed by atoms with E-state index in [4.69, 9.17) is 16.3 Å². The number of rotatable bonds is 2. The van der Waals surface area contributed by atoms with E-state index in [1.54, 1.807) is 22.8 Å². The van der Waals surface area contributed by atoms with Crippen molar-refractivity contribution in [2.45, 2.75) is 25.9 Å². The maximum Gasteiger partial charge on any atom is 0.249 e. The van der Waals surface area contributed by atoms with Crippen LogP contribution in [0, 0.1) is 5.92 Å². The van der Waals surface area contributed by atoms with Gasteiger partial charge in [-0.2, -0.15) is 4.98 Å². The molecule has 0 spiro atoms. The van der Waals surface area contributed by atoms with E-state index in [0.29, 0.717) is 10.7 Å². The molecule has 1 saturated heterocycles. The van der Waals surface area contributed by atoms with Crippen LogP contribution < -0.4 is 5.32 Å². The topological polar surface area (TPSA) is 68.5 Å². The fourth-order valence-corrected chi connectivity index (χ4v) is 2.54. The van der Waals surface area contributed by atoms with Crippen LogP contribution in [0.25, 0.3) is 5.65 Å². The zero-order valence-corrected chi connectivity index (χ0v) is 11.8. The van der Waals surface area contributed by atoms with E-state index < -0.39 is 0 Å². The largest absolute Gasteiger partial charge is 0.378 e. The van der Waals surface area contributed by atoms with Crippen LogP contribution in [0.15, 0.2) is 18.3 Å². The number of carbonyl (C=O) groups excluding carboxylic acids is 1. The Morgan fingerprint density at radius 2 is 2.40 bits per heavy atom. The number of hydrogen-bond acceptors (Lipinski definition) is 4. The van der Waals surface area contributed by atoms with E-state index in [9.17, 15) is 4.79 Å². The van der Waals surface area contributed by atoms with Gasteiger partial charge >= 0.3 is 0 Å². The molecule has 1 amide bonds. The number of hydrogen-bond donors (Lipinski definition) is 1. The van der Waals surface area contributed by atoms with Crippen LogP contribution in [0.3, 0.4) is 0 Å². The second kappa shape index (κ2) is 5.38. The molecule has 7 heteroatoms. The first kappa shape index (κ1) is 13.3. The Morgan fingerprint density at radius 1 is 1.55 bits per heavy atom. The molecule has 3 heterocycles. The predicted molar refractivity (Wildman–Crippen MR) is 74.8 cm³/mol. The first-order chi connectivity index (χ1) is 9.63. The van der Waals surface area contributed by atoms with Crippen LogP contribution in [-0.2, 0) is 9.53 Å². The van der Waals surface area contributed by atoms with Crippen molar-refractivity contribution in [1.82, 2.24) is 14.6 Å². The number of anilines is 1. The van der Waals surface area contributed by atoms with Gasteiger partial charge in [0.05, 0.1) is 17.0 Å². The summed E-state index contributed by atoms with van der Waals surface area (Å²) in [5, 5.41) is 7.49. The Labute approximate surface area is 121 Å². The van der Waals surface area contributed by atoms with E-state index in [1.165, 1.54) is 0 Å². The molecule has 0 saturated carbocycles. The highest BCUT2D eigenvalue weighted by Crippen LogP contribution is 2.22. The average molecular weight is 295 g/mol. The average Bonchev–Trinajstić information content (AvgIpc) is 2.80. The lowest BCUT2D eigenvalue weighted by Gasteiger charge is -2.27. The van der Waals surface area contributed by atoms with E-state index in [2.05, 4.69) is 15.4 Å². The molecule has 0 bridgehead atoms. The molecule has 2 aromatic rings. The SMILES string of the molecule is CC1OCCCC1C(=O)Nc1nc2ccc(Cl)cn2n1. The van der Waals surface area contributed by atoms with Crippen molar-refractivity contribution in [1.29, 1.82) is 0 Å². The summed E-state index contributed by atoms with van der Waals surface area (Å²) in [6.07, 6.45) is 3.30. The number of halogens is 1. The summed E-state index contributed by atoms with van der Waals surface area (Å²) in [5.41, 5.74) is 0.637. The molecular formula is C13H15ClN4O2. The lowest BCUT2D eigenvalue weighted by molar-refractivity contribution is -0.127. The molecule has 1 aliphatic heterocycles. The Kier molecular flexibility index (Phi) is 3.58. The molecule has 1 fully saturated rings. The smallest absolute Gasteiger partial charge is 0.249 e. The number of ether oxygens (including phenoxy) is 1. The van der Waals surface area contributed by atoms with Gasteiger partial charge in [-0.15, -0.1) is 5.10 Å². The minimum atomic E-state index is -0.154. The Balaban J connectivity index is 1.76. The first-order valence-electron chi connectivity index (χ1n) is 6.58. The third-order valence-electron chi connectivity index (χ3n) is 3.47. The predicted octanol–water partition coefficient (Wildman–Crippen LogP) is 2.14. The van der Waals surface area contributed by atoms with Crippen LogP contribution in [0.5, 0.6) is 0 Å². The van der Waals surface area contributed by atoms with Gasteiger partial charge in [-0.3, -0.25) is 10.1 Å². The molecule has 6 nitrogen and oxygen atoms in total. The van der Waals surface area contributed by atoms with Crippen molar-refractivity contribution < 1.29 is 9.53 Å². The summed E-state index contributed by atoms with van der Waals surface area (Å²) < 4.78 is 7.04.